The van der Waals surface area contributed by atoms with E-state index in [1.54, 1.807) is 0 Å². The van der Waals surface area contributed by atoms with Crippen LogP contribution in [0.1, 0.15) is 31.1 Å². The molecule has 3 aromatic heterocycles. The molecule has 0 saturated heterocycles. The van der Waals surface area contributed by atoms with Gasteiger partial charge in [0.05, 0.1) is 34.6 Å². The van der Waals surface area contributed by atoms with Crippen LogP contribution >= 0.6 is 0 Å². The first kappa shape index (κ1) is 20.8. The Kier molecular flexibility index (Phi) is 6.27. The molecule has 3 heterocycles. The van der Waals surface area contributed by atoms with Gasteiger partial charge in [-0.2, -0.15) is 0 Å². The molecule has 0 atom stereocenters. The molecule has 0 spiro atoms. The Balaban J connectivity index is 0.00000280. The molecular formula is C18H9N3O6Ru. The van der Waals surface area contributed by atoms with Crippen LogP contribution in [-0.4, -0.2) is 38.0 Å². The summed E-state index contributed by atoms with van der Waals surface area (Å²) >= 11 is 0. The molecule has 1 N–H and O–H groups in total. The Bertz CT molecular complexity index is 1090. The van der Waals surface area contributed by atoms with Gasteiger partial charge in [0.2, 0.25) is 0 Å². The summed E-state index contributed by atoms with van der Waals surface area (Å²) in [6.07, 6.45) is 3.62. The van der Waals surface area contributed by atoms with Gasteiger partial charge in [0.1, 0.15) is 0 Å². The number of carbonyl (C=O) groups excluding carboxylic acids is 2. The zero-order valence-corrected chi connectivity index (χ0v) is 15.5. The second-order valence-electron chi connectivity index (χ2n) is 5.32. The Hall–Kier alpha value is -3.52. The van der Waals surface area contributed by atoms with E-state index in [9.17, 15) is 29.7 Å². The first-order valence-corrected chi connectivity index (χ1v) is 7.46. The third-order valence-corrected chi connectivity index (χ3v) is 3.67. The molecule has 3 aromatic rings. The van der Waals surface area contributed by atoms with E-state index in [0.29, 0.717) is 0 Å². The second kappa shape index (κ2) is 8.45. The van der Waals surface area contributed by atoms with Crippen molar-refractivity contribution >= 4 is 17.9 Å². The van der Waals surface area contributed by atoms with Crippen molar-refractivity contribution in [2.75, 3.05) is 0 Å². The van der Waals surface area contributed by atoms with Crippen LogP contribution in [0.4, 0.5) is 0 Å². The zero-order chi connectivity index (χ0) is 19.6. The van der Waals surface area contributed by atoms with Crippen LogP contribution in [-0.2, 0) is 19.5 Å². The summed E-state index contributed by atoms with van der Waals surface area (Å²) in [5, 5.41) is 31.7. The van der Waals surface area contributed by atoms with E-state index < -0.39 is 17.9 Å². The summed E-state index contributed by atoms with van der Waals surface area (Å²) in [4.78, 5) is 46.0. The molecule has 0 aromatic carbocycles. The van der Waals surface area contributed by atoms with Crippen LogP contribution in [0.5, 0.6) is 0 Å². The fourth-order valence-corrected chi connectivity index (χ4v) is 2.47. The third kappa shape index (κ3) is 4.07. The molecule has 0 amide bonds. The van der Waals surface area contributed by atoms with Gasteiger partial charge < -0.3 is 24.9 Å². The first-order valence-electron chi connectivity index (χ1n) is 7.46. The van der Waals surface area contributed by atoms with Crippen LogP contribution in [0.2, 0.25) is 0 Å². The van der Waals surface area contributed by atoms with E-state index in [0.717, 1.165) is 6.07 Å². The zero-order valence-electron chi connectivity index (χ0n) is 13.8. The Morgan fingerprint density at radius 3 is 1.82 bits per heavy atom. The fourth-order valence-electron chi connectivity index (χ4n) is 2.47. The quantitative estimate of drug-likeness (QED) is 0.498. The molecule has 0 aliphatic rings. The average Bonchev–Trinajstić information content (AvgIpc) is 2.67. The van der Waals surface area contributed by atoms with Crippen LogP contribution < -0.4 is 10.2 Å². The number of nitrogens with zero attached hydrogens (tertiary/aromatic N) is 3. The molecule has 0 bridgehead atoms. The maximum Gasteiger partial charge on any atom is 2.00 e. The van der Waals surface area contributed by atoms with Crippen molar-refractivity contribution in [3.63, 3.8) is 0 Å². The molecular weight excluding hydrogens is 455 g/mol. The minimum Gasteiger partial charge on any atom is -0.545 e. The molecule has 140 valence electrons. The van der Waals surface area contributed by atoms with Crippen LogP contribution in [0.25, 0.3) is 22.6 Å². The standard InChI is InChI=1S/C18H11N3O6.Ru/c22-16(23)9-1-4-19-12(7-9)14-11(18(26)27)3-6-21-15(14)13-8-10(17(24)25)2-5-20-13;/h1-8H,(H,22,23)(H,24,25)(H,26,27);/q;+2/p-2. The minimum absolute atomic E-state index is 0. The van der Waals surface area contributed by atoms with Crippen molar-refractivity contribution < 1.29 is 49.2 Å². The largest absolute Gasteiger partial charge is 2.00 e. The molecule has 3 rings (SSSR count). The van der Waals surface area contributed by atoms with Gasteiger partial charge in [-0.25, -0.2) is 4.79 Å². The number of carbonyl (C=O) groups is 3. The van der Waals surface area contributed by atoms with Crippen molar-refractivity contribution in [3.8, 4) is 22.6 Å². The van der Waals surface area contributed by atoms with Gasteiger partial charge in [-0.1, -0.05) is 0 Å². The number of carboxylic acid groups (broad SMARTS) is 3. The van der Waals surface area contributed by atoms with Crippen molar-refractivity contribution in [2.24, 2.45) is 0 Å². The molecule has 0 radical (unpaired) electrons. The Morgan fingerprint density at radius 2 is 1.29 bits per heavy atom. The molecule has 9 nitrogen and oxygen atoms in total. The van der Waals surface area contributed by atoms with E-state index in [1.165, 1.54) is 42.9 Å². The average molecular weight is 464 g/mol. The fraction of sp³-hybridized carbons (Fsp3) is 0. The van der Waals surface area contributed by atoms with Crippen molar-refractivity contribution in [2.45, 2.75) is 0 Å². The monoisotopic (exact) mass is 465 g/mol. The summed E-state index contributed by atoms with van der Waals surface area (Å²) in [5.41, 5.74) is -0.485. The second-order valence-corrected chi connectivity index (χ2v) is 5.32. The van der Waals surface area contributed by atoms with Crippen molar-refractivity contribution in [1.82, 2.24) is 15.0 Å². The van der Waals surface area contributed by atoms with E-state index in [-0.39, 0.29) is 58.8 Å². The predicted molar refractivity (Wildman–Crippen MR) is 86.3 cm³/mol. The number of hydrogen-bond donors (Lipinski definition) is 1. The van der Waals surface area contributed by atoms with E-state index in [1.807, 2.05) is 0 Å². The predicted octanol–water partition coefficient (Wildman–Crippen LogP) is -0.372. The maximum absolute atomic E-state index is 11.7. The molecule has 0 aliphatic heterocycles. The summed E-state index contributed by atoms with van der Waals surface area (Å²) in [6.45, 7) is 0. The summed E-state index contributed by atoms with van der Waals surface area (Å²) in [6, 6.07) is 5.95. The molecule has 28 heavy (non-hydrogen) atoms. The van der Waals surface area contributed by atoms with E-state index in [2.05, 4.69) is 15.0 Å². The van der Waals surface area contributed by atoms with Crippen molar-refractivity contribution in [3.05, 3.63) is 65.6 Å². The number of pyridine rings is 3. The van der Waals surface area contributed by atoms with Gasteiger partial charge >= 0.3 is 25.4 Å². The van der Waals surface area contributed by atoms with Gasteiger partial charge in [-0.05, 0) is 30.3 Å². The first-order chi connectivity index (χ1) is 12.9. The van der Waals surface area contributed by atoms with Crippen LogP contribution in [0.3, 0.4) is 0 Å². The molecule has 10 heteroatoms. The van der Waals surface area contributed by atoms with Gasteiger partial charge in [0, 0.05) is 35.3 Å². The van der Waals surface area contributed by atoms with Gasteiger partial charge in [-0.15, -0.1) is 0 Å². The maximum atomic E-state index is 11.7. The minimum atomic E-state index is -1.46. The van der Waals surface area contributed by atoms with Crippen LogP contribution in [0, 0.1) is 0 Å². The summed E-state index contributed by atoms with van der Waals surface area (Å²) in [7, 11) is 0. The van der Waals surface area contributed by atoms with Gasteiger partial charge in [-0.3, -0.25) is 15.0 Å². The number of hydrogen-bond acceptors (Lipinski definition) is 8. The normalized spacial score (nSPS) is 10.0. The number of rotatable bonds is 5. The molecule has 0 aliphatic carbocycles. The van der Waals surface area contributed by atoms with Gasteiger partial charge in [0.15, 0.2) is 0 Å². The Morgan fingerprint density at radius 1 is 0.786 bits per heavy atom. The number of aromatic nitrogens is 3. The smallest absolute Gasteiger partial charge is 0.545 e. The van der Waals surface area contributed by atoms with E-state index >= 15 is 0 Å². The molecule has 0 unspecified atom stereocenters. The summed E-state index contributed by atoms with van der Waals surface area (Å²) < 4.78 is 0. The number of aromatic carboxylic acids is 3. The number of carboxylic acids is 3. The third-order valence-electron chi connectivity index (χ3n) is 3.67. The van der Waals surface area contributed by atoms with E-state index in [4.69, 9.17) is 0 Å². The summed E-state index contributed by atoms with van der Waals surface area (Å²) in [5.74, 6) is -4.20. The topological polar surface area (TPSA) is 156 Å². The molecule has 0 saturated carbocycles. The van der Waals surface area contributed by atoms with Crippen LogP contribution in [0.15, 0.2) is 48.9 Å². The SMILES string of the molecule is O=C([O-])c1ccnc(-c2nccc(C(=O)O)c2-c2cc(C(=O)[O-])ccn2)c1.[Ru+2]. The Labute approximate surface area is 170 Å². The van der Waals surface area contributed by atoms with Gasteiger partial charge in [0.25, 0.3) is 0 Å². The van der Waals surface area contributed by atoms with Crippen molar-refractivity contribution in [1.29, 1.82) is 0 Å². The molecule has 0 fully saturated rings.